The second-order valence-corrected chi connectivity index (χ2v) is 6.17. The van der Waals surface area contributed by atoms with Crippen LogP contribution in [0.3, 0.4) is 0 Å². The number of imide groups is 1. The molecule has 2 aromatic rings. The highest BCUT2D eigenvalue weighted by molar-refractivity contribution is 6.22. The van der Waals surface area contributed by atoms with E-state index in [0.717, 1.165) is 17.0 Å². The highest BCUT2D eigenvalue weighted by atomic mass is 19.1. The molecule has 0 unspecified atom stereocenters. The van der Waals surface area contributed by atoms with E-state index in [9.17, 15) is 18.4 Å². The average molecular weight is 347 g/mol. The van der Waals surface area contributed by atoms with E-state index in [1.165, 1.54) is 18.2 Å². The number of aryl methyl sites for hydroxylation is 1. The lowest BCUT2D eigenvalue weighted by molar-refractivity contribution is -0.121. The van der Waals surface area contributed by atoms with Gasteiger partial charge in [-0.25, -0.2) is 18.5 Å². The standard InChI is InChI=1S/C17H15F2N3O3/c1-9-4-5-10(8-12(9)19)25-14-11(18)6-7-13(20-14)22-15(23)17(2,3)21-16(22)24/h4-8H,1-3H3,(H,21,24). The SMILES string of the molecule is Cc1ccc(Oc2nc(N3C(=O)NC(C)(C)C3=O)ccc2F)cc1F. The molecular weight excluding hydrogens is 332 g/mol. The van der Waals surface area contributed by atoms with Crippen molar-refractivity contribution in [1.29, 1.82) is 0 Å². The minimum absolute atomic E-state index is 0.0455. The Bertz CT molecular complexity index is 883. The number of amides is 3. The molecule has 0 spiro atoms. The maximum Gasteiger partial charge on any atom is 0.330 e. The number of pyridine rings is 1. The minimum atomic E-state index is -1.09. The molecule has 1 N–H and O–H groups in total. The van der Waals surface area contributed by atoms with Gasteiger partial charge in [0.05, 0.1) is 0 Å². The van der Waals surface area contributed by atoms with Crippen LogP contribution < -0.4 is 15.0 Å². The summed E-state index contributed by atoms with van der Waals surface area (Å²) in [5, 5.41) is 2.50. The molecule has 3 amide bonds. The number of ether oxygens (including phenoxy) is 1. The smallest absolute Gasteiger partial charge is 0.330 e. The van der Waals surface area contributed by atoms with Crippen molar-refractivity contribution in [2.75, 3.05) is 4.90 Å². The fourth-order valence-corrected chi connectivity index (χ4v) is 2.32. The predicted octanol–water partition coefficient (Wildman–Crippen LogP) is 3.30. The van der Waals surface area contributed by atoms with E-state index in [4.69, 9.17) is 4.74 Å². The maximum absolute atomic E-state index is 14.0. The Morgan fingerprint density at radius 1 is 1.12 bits per heavy atom. The molecular formula is C17H15F2N3O3. The summed E-state index contributed by atoms with van der Waals surface area (Å²) in [5.74, 6) is -2.35. The van der Waals surface area contributed by atoms with Crippen molar-refractivity contribution in [3.63, 3.8) is 0 Å². The summed E-state index contributed by atoms with van der Waals surface area (Å²) in [5.41, 5.74) is -0.676. The Balaban J connectivity index is 1.94. The number of urea groups is 1. The van der Waals surface area contributed by atoms with Crippen LogP contribution in [-0.2, 0) is 4.79 Å². The van der Waals surface area contributed by atoms with Gasteiger partial charge in [-0.3, -0.25) is 4.79 Å². The Kier molecular flexibility index (Phi) is 3.90. The number of halogens is 2. The van der Waals surface area contributed by atoms with Gasteiger partial charge in [0.15, 0.2) is 5.82 Å². The Labute approximate surface area is 142 Å². The van der Waals surface area contributed by atoms with Gasteiger partial charge < -0.3 is 10.1 Å². The van der Waals surface area contributed by atoms with Crippen molar-refractivity contribution in [1.82, 2.24) is 10.3 Å². The number of carbonyl (C=O) groups is 2. The van der Waals surface area contributed by atoms with E-state index >= 15 is 0 Å². The van der Waals surface area contributed by atoms with Crippen LogP contribution in [0.4, 0.5) is 19.4 Å². The highest BCUT2D eigenvalue weighted by Gasteiger charge is 2.45. The van der Waals surface area contributed by atoms with Gasteiger partial charge in [-0.1, -0.05) is 6.07 Å². The van der Waals surface area contributed by atoms with Crippen molar-refractivity contribution in [2.24, 2.45) is 0 Å². The van der Waals surface area contributed by atoms with Crippen molar-refractivity contribution < 1.29 is 23.1 Å². The van der Waals surface area contributed by atoms with E-state index in [1.54, 1.807) is 20.8 Å². The number of benzene rings is 1. The lowest BCUT2D eigenvalue weighted by atomic mass is 10.1. The fraction of sp³-hybridized carbons (Fsp3) is 0.235. The molecule has 1 saturated heterocycles. The van der Waals surface area contributed by atoms with Gasteiger partial charge in [-0.15, -0.1) is 0 Å². The monoisotopic (exact) mass is 347 g/mol. The second kappa shape index (κ2) is 5.80. The van der Waals surface area contributed by atoms with Crippen molar-refractivity contribution in [3.8, 4) is 11.6 Å². The van der Waals surface area contributed by atoms with E-state index in [-0.39, 0.29) is 11.6 Å². The number of rotatable bonds is 3. The molecule has 0 radical (unpaired) electrons. The van der Waals surface area contributed by atoms with Gasteiger partial charge in [-0.05, 0) is 44.5 Å². The molecule has 25 heavy (non-hydrogen) atoms. The third-order valence-electron chi connectivity index (χ3n) is 3.75. The van der Waals surface area contributed by atoms with Crippen LogP contribution in [0.5, 0.6) is 11.6 Å². The van der Waals surface area contributed by atoms with E-state index in [1.807, 2.05) is 0 Å². The summed E-state index contributed by atoms with van der Waals surface area (Å²) in [6.07, 6.45) is 0. The van der Waals surface area contributed by atoms with Crippen LogP contribution in [0.25, 0.3) is 0 Å². The highest BCUT2D eigenvalue weighted by Crippen LogP contribution is 2.29. The zero-order valence-electron chi connectivity index (χ0n) is 13.8. The summed E-state index contributed by atoms with van der Waals surface area (Å²) in [6, 6.07) is 5.58. The van der Waals surface area contributed by atoms with Gasteiger partial charge in [0, 0.05) is 6.07 Å². The molecule has 0 aliphatic carbocycles. The second-order valence-electron chi connectivity index (χ2n) is 6.17. The normalized spacial score (nSPS) is 16.1. The van der Waals surface area contributed by atoms with Gasteiger partial charge >= 0.3 is 6.03 Å². The first-order valence-corrected chi connectivity index (χ1v) is 7.46. The van der Waals surface area contributed by atoms with Crippen LogP contribution in [0.2, 0.25) is 0 Å². The summed E-state index contributed by atoms with van der Waals surface area (Å²) < 4.78 is 32.9. The van der Waals surface area contributed by atoms with Crippen LogP contribution in [0.15, 0.2) is 30.3 Å². The number of nitrogens with zero attached hydrogens (tertiary/aromatic N) is 2. The number of nitrogens with one attached hydrogen (secondary N) is 1. The van der Waals surface area contributed by atoms with Crippen molar-refractivity contribution >= 4 is 17.8 Å². The van der Waals surface area contributed by atoms with Crippen molar-refractivity contribution in [2.45, 2.75) is 26.3 Å². The van der Waals surface area contributed by atoms with Gasteiger partial charge in [0.1, 0.15) is 22.9 Å². The minimum Gasteiger partial charge on any atom is -0.436 e. The molecule has 0 saturated carbocycles. The Hall–Kier alpha value is -3.03. The largest absolute Gasteiger partial charge is 0.436 e. The van der Waals surface area contributed by atoms with E-state index in [2.05, 4.69) is 10.3 Å². The third kappa shape index (κ3) is 3.02. The maximum atomic E-state index is 14.0. The first kappa shape index (κ1) is 16.8. The summed E-state index contributed by atoms with van der Waals surface area (Å²) in [7, 11) is 0. The molecule has 130 valence electrons. The molecule has 2 heterocycles. The predicted molar refractivity (Wildman–Crippen MR) is 85.5 cm³/mol. The summed E-state index contributed by atoms with van der Waals surface area (Å²) >= 11 is 0. The molecule has 6 nitrogen and oxygen atoms in total. The summed E-state index contributed by atoms with van der Waals surface area (Å²) in [6.45, 7) is 4.67. The number of anilines is 1. The molecule has 3 rings (SSSR count). The number of hydrogen-bond donors (Lipinski definition) is 1. The van der Waals surface area contributed by atoms with Gasteiger partial charge in [0.25, 0.3) is 11.8 Å². The number of aromatic nitrogens is 1. The zero-order valence-corrected chi connectivity index (χ0v) is 13.8. The summed E-state index contributed by atoms with van der Waals surface area (Å²) in [4.78, 5) is 29.0. The van der Waals surface area contributed by atoms with Crippen LogP contribution in [-0.4, -0.2) is 22.5 Å². The Morgan fingerprint density at radius 2 is 1.84 bits per heavy atom. The quantitative estimate of drug-likeness (QED) is 0.865. The molecule has 1 aromatic heterocycles. The van der Waals surface area contributed by atoms with Crippen LogP contribution in [0.1, 0.15) is 19.4 Å². The fourth-order valence-electron chi connectivity index (χ4n) is 2.32. The zero-order chi connectivity index (χ0) is 18.4. The molecule has 0 atom stereocenters. The van der Waals surface area contributed by atoms with Gasteiger partial charge in [0.2, 0.25) is 0 Å². The molecule has 1 fully saturated rings. The number of hydrogen-bond acceptors (Lipinski definition) is 4. The molecule has 8 heteroatoms. The molecule has 1 aliphatic rings. The van der Waals surface area contributed by atoms with E-state index in [0.29, 0.717) is 5.56 Å². The Morgan fingerprint density at radius 3 is 2.44 bits per heavy atom. The van der Waals surface area contributed by atoms with Crippen molar-refractivity contribution in [3.05, 3.63) is 47.5 Å². The number of carbonyl (C=O) groups excluding carboxylic acids is 2. The topological polar surface area (TPSA) is 71.5 Å². The third-order valence-corrected chi connectivity index (χ3v) is 3.75. The first-order valence-electron chi connectivity index (χ1n) is 7.46. The molecule has 0 bridgehead atoms. The van der Waals surface area contributed by atoms with Crippen LogP contribution in [0, 0.1) is 18.6 Å². The lowest BCUT2D eigenvalue weighted by Crippen LogP contribution is -2.40. The van der Waals surface area contributed by atoms with Crippen LogP contribution >= 0.6 is 0 Å². The van der Waals surface area contributed by atoms with Gasteiger partial charge in [-0.2, -0.15) is 4.98 Å². The molecule has 1 aliphatic heterocycles. The first-order chi connectivity index (χ1) is 11.7. The molecule has 1 aromatic carbocycles. The average Bonchev–Trinajstić information content (AvgIpc) is 2.73. The lowest BCUT2D eigenvalue weighted by Gasteiger charge is -2.16. The van der Waals surface area contributed by atoms with E-state index < -0.39 is 35.0 Å².